The van der Waals surface area contributed by atoms with Crippen molar-refractivity contribution in [3.63, 3.8) is 0 Å². The number of rotatable bonds is 5. The Morgan fingerprint density at radius 2 is 1.89 bits per heavy atom. The first-order valence-corrected chi connectivity index (χ1v) is 8.87. The van der Waals surface area contributed by atoms with Gasteiger partial charge in [0.05, 0.1) is 5.69 Å². The molecule has 0 aliphatic heterocycles. The number of nitrogens with zero attached hydrogens (tertiary/aromatic N) is 3. The average molecular weight is 382 g/mol. The normalized spacial score (nSPS) is 10.5. The highest BCUT2D eigenvalue weighted by atomic mass is 35.5. The molecular weight excluding hydrogens is 362 g/mol. The maximum atomic E-state index is 8.82. The molecule has 3 aromatic rings. The van der Waals surface area contributed by atoms with E-state index in [1.165, 1.54) is 0 Å². The molecule has 27 heavy (non-hydrogen) atoms. The first-order valence-electron chi connectivity index (χ1n) is 8.49. The second-order valence-corrected chi connectivity index (χ2v) is 6.76. The molecule has 1 heterocycles. The molecule has 138 valence electrons. The summed E-state index contributed by atoms with van der Waals surface area (Å²) in [6.07, 6.45) is 1.72. The van der Waals surface area contributed by atoms with Crippen molar-refractivity contribution in [1.82, 2.24) is 9.78 Å². The lowest BCUT2D eigenvalue weighted by atomic mass is 10.1. The minimum absolute atomic E-state index is 0.318. The van der Waals surface area contributed by atoms with Crippen molar-refractivity contribution in [2.24, 2.45) is 7.05 Å². The summed E-state index contributed by atoms with van der Waals surface area (Å²) in [7, 11) is 1.83. The molecular formula is C21H20ClN3O2. The van der Waals surface area contributed by atoms with Crippen molar-refractivity contribution in [1.29, 1.82) is 5.26 Å². The largest absolute Gasteiger partial charge is 0.488 e. The van der Waals surface area contributed by atoms with Gasteiger partial charge in [-0.3, -0.25) is 4.68 Å². The van der Waals surface area contributed by atoms with Crippen molar-refractivity contribution in [3.05, 3.63) is 63.8 Å². The Morgan fingerprint density at radius 3 is 2.52 bits per heavy atom. The van der Waals surface area contributed by atoms with Crippen molar-refractivity contribution in [3.8, 4) is 29.0 Å². The minimum atomic E-state index is 0.318. The van der Waals surface area contributed by atoms with Gasteiger partial charge in [-0.15, -0.1) is 5.26 Å². The molecule has 5 nitrogen and oxygen atoms in total. The summed E-state index contributed by atoms with van der Waals surface area (Å²) in [6.45, 7) is 6.23. The van der Waals surface area contributed by atoms with Gasteiger partial charge in [0.25, 0.3) is 6.26 Å². The molecule has 0 saturated heterocycles. The van der Waals surface area contributed by atoms with Crippen molar-refractivity contribution in [2.75, 3.05) is 0 Å². The molecule has 1 aromatic heterocycles. The van der Waals surface area contributed by atoms with Crippen molar-refractivity contribution >= 4 is 11.6 Å². The van der Waals surface area contributed by atoms with Crippen LogP contribution in [-0.4, -0.2) is 9.78 Å². The van der Waals surface area contributed by atoms with E-state index in [4.69, 9.17) is 26.3 Å². The van der Waals surface area contributed by atoms with Gasteiger partial charge in [0.1, 0.15) is 23.3 Å². The third kappa shape index (κ3) is 3.76. The highest BCUT2D eigenvalue weighted by Gasteiger charge is 2.14. The number of aromatic nitrogens is 2. The van der Waals surface area contributed by atoms with Crippen molar-refractivity contribution in [2.45, 2.75) is 27.4 Å². The van der Waals surface area contributed by atoms with E-state index in [-0.39, 0.29) is 0 Å². The lowest BCUT2D eigenvalue weighted by Gasteiger charge is -2.13. The molecule has 0 radical (unpaired) electrons. The Balaban J connectivity index is 1.84. The van der Waals surface area contributed by atoms with Crippen LogP contribution in [0.25, 0.3) is 11.3 Å². The second kappa shape index (κ2) is 7.73. The van der Waals surface area contributed by atoms with E-state index < -0.39 is 0 Å². The molecule has 0 fully saturated rings. The third-order valence-corrected chi connectivity index (χ3v) is 5.07. The van der Waals surface area contributed by atoms with Gasteiger partial charge in [-0.2, -0.15) is 5.10 Å². The van der Waals surface area contributed by atoms with Crippen LogP contribution in [0.15, 0.2) is 36.4 Å². The van der Waals surface area contributed by atoms with E-state index in [0.717, 1.165) is 39.3 Å². The van der Waals surface area contributed by atoms with Crippen LogP contribution in [0.1, 0.15) is 22.3 Å². The summed E-state index contributed by atoms with van der Waals surface area (Å²) < 4.78 is 12.7. The molecule has 0 atom stereocenters. The predicted molar refractivity (Wildman–Crippen MR) is 105 cm³/mol. The molecule has 0 unspecified atom stereocenters. The highest BCUT2D eigenvalue weighted by Crippen LogP contribution is 2.31. The number of halogens is 1. The summed E-state index contributed by atoms with van der Waals surface area (Å²) in [5, 5.41) is 13.9. The van der Waals surface area contributed by atoms with Crippen molar-refractivity contribution < 1.29 is 9.47 Å². The Morgan fingerprint density at radius 1 is 1.11 bits per heavy atom. The van der Waals surface area contributed by atoms with Gasteiger partial charge in [-0.25, -0.2) is 0 Å². The summed E-state index contributed by atoms with van der Waals surface area (Å²) >= 11 is 6.23. The maximum Gasteiger partial charge on any atom is 0.292 e. The lowest BCUT2D eigenvalue weighted by Crippen LogP contribution is -2.02. The molecule has 3 rings (SSSR count). The van der Waals surface area contributed by atoms with E-state index in [2.05, 4.69) is 5.10 Å². The monoisotopic (exact) mass is 381 g/mol. The van der Waals surface area contributed by atoms with Gasteiger partial charge < -0.3 is 9.47 Å². The molecule has 0 spiro atoms. The molecule has 2 aromatic carbocycles. The number of aryl methyl sites for hydroxylation is 3. The zero-order valence-electron chi connectivity index (χ0n) is 15.7. The van der Waals surface area contributed by atoms with E-state index in [1.807, 2.05) is 58.2 Å². The van der Waals surface area contributed by atoms with E-state index in [0.29, 0.717) is 17.5 Å². The molecule has 6 heteroatoms. The van der Waals surface area contributed by atoms with E-state index in [9.17, 15) is 0 Å². The molecule has 0 saturated carbocycles. The molecule has 0 N–H and O–H groups in total. The van der Waals surface area contributed by atoms with Gasteiger partial charge in [0, 0.05) is 23.7 Å². The zero-order chi connectivity index (χ0) is 19.6. The van der Waals surface area contributed by atoms with Crippen LogP contribution < -0.4 is 9.47 Å². The number of benzene rings is 2. The fourth-order valence-electron chi connectivity index (χ4n) is 3.00. The number of hydrogen-bond acceptors (Lipinski definition) is 4. The summed E-state index contributed by atoms with van der Waals surface area (Å²) in [5.41, 5.74) is 5.66. The summed E-state index contributed by atoms with van der Waals surface area (Å²) in [5.74, 6) is 1.29. The second-order valence-electron chi connectivity index (χ2n) is 6.40. The SMILES string of the molecule is Cc1cc(-c2nn(C)c(Cl)c2C)ccc1OCc1c(C)cccc1OC#N. The standard InChI is InChI=1S/C21H20ClN3O2/c1-13-6-5-7-19(27-12-23)17(13)11-26-18-9-8-16(10-14(18)2)20-15(3)21(22)25(4)24-20/h5-10H,11H2,1-4H3. The van der Waals surface area contributed by atoms with Crippen LogP contribution in [0.4, 0.5) is 0 Å². The maximum absolute atomic E-state index is 8.82. The molecule has 0 aliphatic rings. The molecule has 0 bridgehead atoms. The highest BCUT2D eigenvalue weighted by molar-refractivity contribution is 6.30. The van der Waals surface area contributed by atoms with Crippen LogP contribution in [0.3, 0.4) is 0 Å². The quantitative estimate of drug-likeness (QED) is 0.576. The van der Waals surface area contributed by atoms with Crippen LogP contribution >= 0.6 is 11.6 Å². The Hall–Kier alpha value is -2.97. The smallest absolute Gasteiger partial charge is 0.292 e. The lowest BCUT2D eigenvalue weighted by molar-refractivity contribution is 0.298. The first kappa shape index (κ1) is 18.8. The van der Waals surface area contributed by atoms with Crippen LogP contribution in [-0.2, 0) is 13.7 Å². The van der Waals surface area contributed by atoms with Gasteiger partial charge in [-0.1, -0.05) is 23.7 Å². The number of hydrogen-bond donors (Lipinski definition) is 0. The van der Waals surface area contributed by atoms with Gasteiger partial charge in [0.15, 0.2) is 0 Å². The van der Waals surface area contributed by atoms with Crippen LogP contribution in [0, 0.1) is 32.3 Å². The van der Waals surface area contributed by atoms with Crippen LogP contribution in [0.5, 0.6) is 11.5 Å². The van der Waals surface area contributed by atoms with Gasteiger partial charge in [-0.05, 0) is 56.2 Å². The van der Waals surface area contributed by atoms with Gasteiger partial charge in [0.2, 0.25) is 0 Å². The predicted octanol–water partition coefficient (Wildman–Crippen LogP) is 5.10. The average Bonchev–Trinajstić information content (AvgIpc) is 2.90. The molecule has 0 amide bonds. The number of ether oxygens (including phenoxy) is 2. The zero-order valence-corrected chi connectivity index (χ0v) is 16.5. The number of nitriles is 1. The van der Waals surface area contributed by atoms with E-state index >= 15 is 0 Å². The third-order valence-electron chi connectivity index (χ3n) is 4.54. The Bertz CT molecular complexity index is 1030. The Labute approximate surface area is 163 Å². The Kier molecular flexibility index (Phi) is 5.38. The fraction of sp³-hybridized carbons (Fsp3) is 0.238. The minimum Gasteiger partial charge on any atom is -0.488 e. The topological polar surface area (TPSA) is 60.1 Å². The van der Waals surface area contributed by atoms with E-state index in [1.54, 1.807) is 17.0 Å². The molecule has 0 aliphatic carbocycles. The van der Waals surface area contributed by atoms with Gasteiger partial charge >= 0.3 is 0 Å². The summed E-state index contributed by atoms with van der Waals surface area (Å²) in [4.78, 5) is 0. The summed E-state index contributed by atoms with van der Waals surface area (Å²) in [6, 6.07) is 11.5. The van der Waals surface area contributed by atoms with Crippen LogP contribution in [0.2, 0.25) is 5.15 Å². The first-order chi connectivity index (χ1) is 12.9. The fourth-order valence-corrected chi connectivity index (χ4v) is 3.12.